The molecule has 1 aromatic heterocycles. The maximum Gasteiger partial charge on any atom is 0.281 e. The lowest BCUT2D eigenvalue weighted by Crippen LogP contribution is -2.48. The van der Waals surface area contributed by atoms with Gasteiger partial charge < -0.3 is 9.84 Å². The van der Waals surface area contributed by atoms with Crippen molar-refractivity contribution in [1.82, 2.24) is 24.1 Å². The number of benzene rings is 1. The summed E-state index contributed by atoms with van der Waals surface area (Å²) in [5.74, 6) is 0.148. The van der Waals surface area contributed by atoms with E-state index in [-0.39, 0.29) is 19.0 Å². The second kappa shape index (κ2) is 8.15. The molecule has 1 N–H and O–H groups in total. The summed E-state index contributed by atoms with van der Waals surface area (Å²) in [6.45, 7) is 0.704. The molecule has 1 amide bonds. The lowest BCUT2D eigenvalue weighted by Gasteiger charge is -2.32. The Morgan fingerprint density at radius 3 is 2.78 bits per heavy atom. The van der Waals surface area contributed by atoms with Crippen molar-refractivity contribution in [3.05, 3.63) is 36.2 Å². The first kappa shape index (κ1) is 19.5. The number of aromatic nitrogens is 2. The van der Waals surface area contributed by atoms with Crippen LogP contribution in [0.1, 0.15) is 18.7 Å². The number of rotatable bonds is 6. The van der Waals surface area contributed by atoms with Crippen LogP contribution in [0.5, 0.6) is 0 Å². The van der Waals surface area contributed by atoms with Gasteiger partial charge in [0, 0.05) is 32.7 Å². The van der Waals surface area contributed by atoms with Gasteiger partial charge in [-0.05, 0) is 12.8 Å². The summed E-state index contributed by atoms with van der Waals surface area (Å²) in [7, 11) is -0.545. The van der Waals surface area contributed by atoms with Crippen LogP contribution in [0.15, 0.2) is 34.9 Å². The summed E-state index contributed by atoms with van der Waals surface area (Å²) < 4.78 is 32.2. The van der Waals surface area contributed by atoms with Crippen LogP contribution in [-0.4, -0.2) is 60.3 Å². The van der Waals surface area contributed by atoms with E-state index in [1.54, 1.807) is 0 Å². The van der Waals surface area contributed by atoms with Gasteiger partial charge in [0.1, 0.15) is 0 Å². The molecule has 1 aromatic carbocycles. The SMILES string of the molecule is CN(C)S(=O)(=O)N1CCCC(C(=O)NCc2nc(-c3ccccc3)no2)C1. The molecule has 0 radical (unpaired) electrons. The standard InChI is InChI=1S/C17H23N5O4S/c1-21(2)27(24,25)22-10-6-9-14(12-22)17(23)18-11-15-19-16(20-26-15)13-7-4-3-5-8-13/h3-5,7-8,14H,6,9-12H2,1-2H3,(H,18,23). The maximum atomic E-state index is 12.5. The van der Waals surface area contributed by atoms with E-state index in [1.165, 1.54) is 18.4 Å². The number of amides is 1. The lowest BCUT2D eigenvalue weighted by molar-refractivity contribution is -0.126. The molecule has 1 saturated heterocycles. The van der Waals surface area contributed by atoms with Crippen molar-refractivity contribution in [1.29, 1.82) is 0 Å². The van der Waals surface area contributed by atoms with Gasteiger partial charge in [0.15, 0.2) is 0 Å². The normalized spacial score (nSPS) is 18.6. The molecule has 1 aliphatic heterocycles. The quantitative estimate of drug-likeness (QED) is 0.780. The summed E-state index contributed by atoms with van der Waals surface area (Å²) in [4.78, 5) is 16.7. The van der Waals surface area contributed by atoms with Crippen LogP contribution in [-0.2, 0) is 21.5 Å². The first-order valence-corrected chi connectivity index (χ1v) is 10.1. The molecule has 9 nitrogen and oxygen atoms in total. The predicted octanol–water partition coefficient (Wildman–Crippen LogP) is 0.871. The van der Waals surface area contributed by atoms with Gasteiger partial charge in [-0.1, -0.05) is 35.5 Å². The number of piperidine rings is 1. The van der Waals surface area contributed by atoms with E-state index >= 15 is 0 Å². The number of hydrogen-bond acceptors (Lipinski definition) is 6. The van der Waals surface area contributed by atoms with Crippen molar-refractivity contribution in [2.24, 2.45) is 5.92 Å². The lowest BCUT2D eigenvalue weighted by atomic mass is 9.99. The summed E-state index contributed by atoms with van der Waals surface area (Å²) in [6, 6.07) is 9.40. The van der Waals surface area contributed by atoms with Crippen molar-refractivity contribution in [3.8, 4) is 11.4 Å². The smallest absolute Gasteiger partial charge is 0.281 e. The topological polar surface area (TPSA) is 109 Å². The van der Waals surface area contributed by atoms with E-state index < -0.39 is 16.1 Å². The Kier molecular flexibility index (Phi) is 5.88. The number of hydrogen-bond donors (Lipinski definition) is 1. The highest BCUT2D eigenvalue weighted by Crippen LogP contribution is 2.20. The summed E-state index contributed by atoms with van der Waals surface area (Å²) in [5, 5.41) is 6.67. The molecular weight excluding hydrogens is 370 g/mol. The number of carbonyl (C=O) groups is 1. The summed E-state index contributed by atoms with van der Waals surface area (Å²) in [6.07, 6.45) is 1.29. The molecule has 0 bridgehead atoms. The van der Waals surface area contributed by atoms with E-state index in [0.717, 1.165) is 9.87 Å². The first-order chi connectivity index (χ1) is 12.9. The predicted molar refractivity (Wildman–Crippen MR) is 98.5 cm³/mol. The second-order valence-corrected chi connectivity index (χ2v) is 8.73. The van der Waals surface area contributed by atoms with Crippen molar-refractivity contribution < 1.29 is 17.7 Å². The second-order valence-electron chi connectivity index (χ2n) is 6.58. The fourth-order valence-electron chi connectivity index (χ4n) is 2.94. The Hall–Kier alpha value is -2.30. The van der Waals surface area contributed by atoms with Gasteiger partial charge >= 0.3 is 0 Å². The first-order valence-electron chi connectivity index (χ1n) is 8.71. The molecule has 1 atom stereocenters. The van der Waals surface area contributed by atoms with Gasteiger partial charge in [-0.25, -0.2) is 0 Å². The molecule has 27 heavy (non-hydrogen) atoms. The highest BCUT2D eigenvalue weighted by Gasteiger charge is 2.33. The van der Waals surface area contributed by atoms with Crippen LogP contribution in [0.4, 0.5) is 0 Å². The third-order valence-corrected chi connectivity index (χ3v) is 6.36. The monoisotopic (exact) mass is 393 g/mol. The van der Waals surface area contributed by atoms with E-state index in [4.69, 9.17) is 4.52 Å². The van der Waals surface area contributed by atoms with Gasteiger partial charge in [0.25, 0.3) is 10.2 Å². The van der Waals surface area contributed by atoms with Crippen molar-refractivity contribution >= 4 is 16.1 Å². The third-order valence-electron chi connectivity index (χ3n) is 4.46. The van der Waals surface area contributed by atoms with Gasteiger partial charge in [-0.15, -0.1) is 0 Å². The zero-order valence-electron chi connectivity index (χ0n) is 15.3. The molecule has 3 rings (SSSR count). The molecule has 1 aliphatic rings. The maximum absolute atomic E-state index is 12.5. The Labute approximate surface area is 158 Å². The number of carbonyl (C=O) groups excluding carboxylic acids is 1. The van der Waals surface area contributed by atoms with Crippen LogP contribution < -0.4 is 5.32 Å². The Balaban J connectivity index is 1.57. The van der Waals surface area contributed by atoms with Crippen molar-refractivity contribution in [3.63, 3.8) is 0 Å². The minimum Gasteiger partial charge on any atom is -0.347 e. The molecule has 2 aromatic rings. The molecule has 0 saturated carbocycles. The van der Waals surface area contributed by atoms with Crippen LogP contribution >= 0.6 is 0 Å². The van der Waals surface area contributed by atoms with Gasteiger partial charge in [-0.2, -0.15) is 22.0 Å². The molecule has 2 heterocycles. The van der Waals surface area contributed by atoms with Crippen molar-refractivity contribution in [2.75, 3.05) is 27.2 Å². The van der Waals surface area contributed by atoms with Gasteiger partial charge in [0.05, 0.1) is 12.5 Å². The molecule has 0 spiro atoms. The molecular formula is C17H23N5O4S. The van der Waals surface area contributed by atoms with E-state index in [0.29, 0.717) is 31.1 Å². The number of nitrogens with one attached hydrogen (secondary N) is 1. The Morgan fingerprint density at radius 2 is 2.07 bits per heavy atom. The average Bonchev–Trinajstić information content (AvgIpc) is 3.16. The third kappa shape index (κ3) is 4.52. The highest BCUT2D eigenvalue weighted by molar-refractivity contribution is 7.86. The summed E-state index contributed by atoms with van der Waals surface area (Å²) in [5.41, 5.74) is 0.829. The fourth-order valence-corrected chi connectivity index (χ4v) is 4.13. The van der Waals surface area contributed by atoms with Crippen LogP contribution in [0.2, 0.25) is 0 Å². The number of nitrogens with zero attached hydrogens (tertiary/aromatic N) is 4. The van der Waals surface area contributed by atoms with Crippen LogP contribution in [0, 0.1) is 5.92 Å². The molecule has 146 valence electrons. The van der Waals surface area contributed by atoms with Crippen molar-refractivity contribution in [2.45, 2.75) is 19.4 Å². The van der Waals surface area contributed by atoms with Crippen LogP contribution in [0.25, 0.3) is 11.4 Å². The minimum atomic E-state index is -3.51. The van der Waals surface area contributed by atoms with Gasteiger partial charge in [-0.3, -0.25) is 4.79 Å². The largest absolute Gasteiger partial charge is 0.347 e. The molecule has 0 aliphatic carbocycles. The molecule has 1 fully saturated rings. The zero-order chi connectivity index (χ0) is 19.4. The average molecular weight is 393 g/mol. The van der Waals surface area contributed by atoms with E-state index in [9.17, 15) is 13.2 Å². The van der Waals surface area contributed by atoms with E-state index in [2.05, 4.69) is 15.5 Å². The minimum absolute atomic E-state index is 0.107. The van der Waals surface area contributed by atoms with Gasteiger partial charge in [0.2, 0.25) is 17.6 Å². The highest BCUT2D eigenvalue weighted by atomic mass is 32.2. The molecule has 1 unspecified atom stereocenters. The fraction of sp³-hybridized carbons (Fsp3) is 0.471. The van der Waals surface area contributed by atoms with Crippen LogP contribution in [0.3, 0.4) is 0 Å². The Bertz CT molecular complexity index is 882. The zero-order valence-corrected chi connectivity index (χ0v) is 16.1. The summed E-state index contributed by atoms with van der Waals surface area (Å²) >= 11 is 0. The Morgan fingerprint density at radius 1 is 1.33 bits per heavy atom. The van der Waals surface area contributed by atoms with E-state index in [1.807, 2.05) is 30.3 Å². The molecule has 10 heteroatoms.